The fraction of sp³-hybridized carbons (Fsp3) is 0.760. The standard InChI is InChI=1S/C25H39N3O15/c1-12(31)27-18-23(43-25-22(38)21(37)19(35)13(10-29)42-25)20(36)14(11-30)41-24(18)40-9-8-39-7-5-26-15(32)4-6-28-16(33)2-3-17(28)34/h2-3,13-14,18-25,29-30,35-38H,4-11H2,1H3,(H,26,32)(H,27,31)/t13-,14-,18-,19+,20+,21+,22-,23-,24+,25+/m1/s1. The molecular weight excluding hydrogens is 582 g/mol. The van der Waals surface area contributed by atoms with Crippen LogP contribution in [0.5, 0.6) is 0 Å². The minimum atomic E-state index is -1.80. The number of carbonyl (C=O) groups excluding carboxylic acids is 4. The Hall–Kier alpha value is -2.62. The quantitative estimate of drug-likeness (QED) is 0.0625. The number of hydrogen-bond acceptors (Lipinski definition) is 15. The predicted octanol–water partition coefficient (Wildman–Crippen LogP) is -5.78. The third-order valence-electron chi connectivity index (χ3n) is 6.90. The van der Waals surface area contributed by atoms with E-state index in [1.54, 1.807) is 0 Å². The molecule has 3 aliphatic rings. The highest BCUT2D eigenvalue weighted by atomic mass is 16.7. The first-order valence-electron chi connectivity index (χ1n) is 13.7. The van der Waals surface area contributed by atoms with Gasteiger partial charge < -0.3 is 65.0 Å². The lowest BCUT2D eigenvalue weighted by Crippen LogP contribution is -2.68. The second-order valence-electron chi connectivity index (χ2n) is 9.98. The summed E-state index contributed by atoms with van der Waals surface area (Å²) in [6.45, 7) is -0.175. The van der Waals surface area contributed by atoms with Gasteiger partial charge >= 0.3 is 0 Å². The van der Waals surface area contributed by atoms with E-state index in [9.17, 15) is 49.8 Å². The molecule has 18 nitrogen and oxygen atoms in total. The number of hydrogen-bond donors (Lipinski definition) is 8. The van der Waals surface area contributed by atoms with Crippen LogP contribution in [0.15, 0.2) is 12.2 Å². The maximum atomic E-state index is 12.0. The number of nitrogens with one attached hydrogen (secondary N) is 2. The number of nitrogens with zero attached hydrogens (tertiary/aromatic N) is 1. The molecule has 2 fully saturated rings. The van der Waals surface area contributed by atoms with E-state index in [-0.39, 0.29) is 45.2 Å². The molecule has 0 bridgehead atoms. The summed E-state index contributed by atoms with van der Waals surface area (Å²) in [5.41, 5.74) is 0. The summed E-state index contributed by atoms with van der Waals surface area (Å²) >= 11 is 0. The summed E-state index contributed by atoms with van der Waals surface area (Å²) in [4.78, 5) is 47.9. The van der Waals surface area contributed by atoms with E-state index in [1.165, 1.54) is 6.92 Å². The Labute approximate surface area is 246 Å². The molecular formula is C25H39N3O15. The van der Waals surface area contributed by atoms with Crippen LogP contribution < -0.4 is 10.6 Å². The van der Waals surface area contributed by atoms with Crippen molar-refractivity contribution in [1.29, 1.82) is 0 Å². The molecule has 3 rings (SSSR count). The number of carbonyl (C=O) groups is 4. The topological polar surface area (TPSA) is 263 Å². The lowest BCUT2D eigenvalue weighted by Gasteiger charge is -2.47. The summed E-state index contributed by atoms with van der Waals surface area (Å²) in [5.74, 6) is -1.91. The summed E-state index contributed by atoms with van der Waals surface area (Å²) < 4.78 is 27.8. The van der Waals surface area contributed by atoms with Gasteiger partial charge in [0.25, 0.3) is 11.8 Å². The normalized spacial score (nSPS) is 34.4. The van der Waals surface area contributed by atoms with E-state index in [1.807, 2.05) is 0 Å². The number of aliphatic hydroxyl groups is 6. The summed E-state index contributed by atoms with van der Waals surface area (Å²) in [6, 6.07) is -1.22. The van der Waals surface area contributed by atoms with E-state index in [2.05, 4.69) is 10.6 Å². The zero-order chi connectivity index (χ0) is 31.7. The van der Waals surface area contributed by atoms with E-state index >= 15 is 0 Å². The Bertz CT molecular complexity index is 979. The van der Waals surface area contributed by atoms with E-state index in [0.29, 0.717) is 0 Å². The molecule has 3 aliphatic heterocycles. The Morgan fingerprint density at radius 2 is 1.51 bits per heavy atom. The molecule has 2 saturated heterocycles. The predicted molar refractivity (Wildman–Crippen MR) is 138 cm³/mol. The zero-order valence-corrected chi connectivity index (χ0v) is 23.4. The second kappa shape index (κ2) is 16.5. The third-order valence-corrected chi connectivity index (χ3v) is 6.90. The molecule has 0 aliphatic carbocycles. The average molecular weight is 622 g/mol. The SMILES string of the molecule is CC(=O)N[C@H]1[C@@H](OCCOCCNC(=O)CCN2C(=O)C=CC2=O)O[C@H](CO)[C@H](O)[C@@H]1O[C@@H]1O[C@H](CO)[C@H](O)[C@H](O)[C@H]1O. The van der Waals surface area contributed by atoms with Gasteiger partial charge in [0.15, 0.2) is 12.6 Å². The van der Waals surface area contributed by atoms with E-state index in [4.69, 9.17) is 23.7 Å². The zero-order valence-electron chi connectivity index (χ0n) is 23.4. The maximum absolute atomic E-state index is 12.0. The molecule has 0 aromatic heterocycles. The van der Waals surface area contributed by atoms with E-state index in [0.717, 1.165) is 17.1 Å². The molecule has 0 aromatic rings. The highest BCUT2D eigenvalue weighted by Crippen LogP contribution is 2.29. The minimum absolute atomic E-state index is 0.00441. The molecule has 0 radical (unpaired) electrons. The Balaban J connectivity index is 1.49. The lowest BCUT2D eigenvalue weighted by atomic mass is 9.95. The van der Waals surface area contributed by atoms with Crippen LogP contribution in [-0.4, -0.2) is 167 Å². The first kappa shape index (κ1) is 34.9. The number of rotatable bonds is 15. The van der Waals surface area contributed by atoms with Crippen LogP contribution in [0.3, 0.4) is 0 Å². The summed E-state index contributed by atoms with van der Waals surface area (Å²) in [5, 5.41) is 65.6. The summed E-state index contributed by atoms with van der Waals surface area (Å²) in [6.07, 6.45) is -11.5. The third kappa shape index (κ3) is 9.19. The monoisotopic (exact) mass is 621 g/mol. The maximum Gasteiger partial charge on any atom is 0.253 e. The van der Waals surface area contributed by atoms with Gasteiger partial charge in [-0.25, -0.2) is 0 Å². The highest BCUT2D eigenvalue weighted by Gasteiger charge is 2.51. The second-order valence-corrected chi connectivity index (χ2v) is 9.98. The smallest absolute Gasteiger partial charge is 0.253 e. The van der Waals surface area contributed by atoms with Crippen molar-refractivity contribution in [2.24, 2.45) is 0 Å². The molecule has 10 atom stereocenters. The van der Waals surface area contributed by atoms with Gasteiger partial charge in [-0.05, 0) is 0 Å². The molecule has 0 aromatic carbocycles. The summed E-state index contributed by atoms with van der Waals surface area (Å²) in [7, 11) is 0. The van der Waals surface area contributed by atoms with Gasteiger partial charge in [0, 0.05) is 38.6 Å². The molecule has 8 N–H and O–H groups in total. The van der Waals surface area contributed by atoms with Gasteiger partial charge in [0.1, 0.15) is 48.8 Å². The van der Waals surface area contributed by atoms with Gasteiger partial charge in [-0.2, -0.15) is 0 Å². The number of ether oxygens (including phenoxy) is 5. The number of aliphatic hydroxyl groups excluding tert-OH is 6. The largest absolute Gasteiger partial charge is 0.394 e. The van der Waals surface area contributed by atoms with Crippen LogP contribution >= 0.6 is 0 Å². The molecule has 18 heteroatoms. The van der Waals surface area contributed by atoms with Crippen molar-refractivity contribution in [3.8, 4) is 0 Å². The van der Waals surface area contributed by atoms with Crippen LogP contribution in [0, 0.1) is 0 Å². The minimum Gasteiger partial charge on any atom is -0.394 e. The van der Waals surface area contributed by atoms with Crippen LogP contribution in [0.2, 0.25) is 0 Å². The van der Waals surface area contributed by atoms with Crippen LogP contribution in [0.25, 0.3) is 0 Å². The van der Waals surface area contributed by atoms with Gasteiger partial charge in [0.2, 0.25) is 11.8 Å². The molecule has 0 unspecified atom stereocenters. The van der Waals surface area contributed by atoms with E-state index < -0.39 is 92.3 Å². The van der Waals surface area contributed by atoms with Crippen molar-refractivity contribution >= 4 is 23.6 Å². The first-order chi connectivity index (χ1) is 20.5. The lowest BCUT2D eigenvalue weighted by molar-refractivity contribution is -0.345. The highest BCUT2D eigenvalue weighted by molar-refractivity contribution is 6.13. The molecule has 43 heavy (non-hydrogen) atoms. The fourth-order valence-corrected chi connectivity index (χ4v) is 4.64. The van der Waals surface area contributed by atoms with Gasteiger partial charge in [0.05, 0.1) is 33.0 Å². The van der Waals surface area contributed by atoms with Crippen molar-refractivity contribution in [1.82, 2.24) is 15.5 Å². The molecule has 244 valence electrons. The van der Waals surface area contributed by atoms with Crippen molar-refractivity contribution < 1.29 is 73.5 Å². The van der Waals surface area contributed by atoms with Gasteiger partial charge in [-0.15, -0.1) is 0 Å². The number of imide groups is 1. The van der Waals surface area contributed by atoms with Crippen LogP contribution in [0.1, 0.15) is 13.3 Å². The van der Waals surface area contributed by atoms with Crippen molar-refractivity contribution in [3.63, 3.8) is 0 Å². The number of amides is 4. The Morgan fingerprint density at radius 3 is 2.14 bits per heavy atom. The van der Waals surface area contributed by atoms with Crippen molar-refractivity contribution in [2.75, 3.05) is 46.1 Å². The average Bonchev–Trinajstić information content (AvgIpc) is 3.30. The molecule has 0 spiro atoms. The van der Waals surface area contributed by atoms with Crippen LogP contribution in [-0.2, 0) is 42.9 Å². The Kier molecular flexibility index (Phi) is 13.3. The van der Waals surface area contributed by atoms with Gasteiger partial charge in [-0.3, -0.25) is 24.1 Å². The fourth-order valence-electron chi connectivity index (χ4n) is 4.64. The first-order valence-corrected chi connectivity index (χ1v) is 13.7. The molecule has 0 saturated carbocycles. The Morgan fingerprint density at radius 1 is 0.884 bits per heavy atom. The molecule has 4 amide bonds. The van der Waals surface area contributed by atoms with Gasteiger partial charge in [-0.1, -0.05) is 0 Å². The van der Waals surface area contributed by atoms with Crippen molar-refractivity contribution in [2.45, 2.75) is 74.7 Å². The van der Waals surface area contributed by atoms with Crippen molar-refractivity contribution in [3.05, 3.63) is 12.2 Å². The van der Waals surface area contributed by atoms with Crippen LogP contribution in [0.4, 0.5) is 0 Å². The molecule has 3 heterocycles.